The van der Waals surface area contributed by atoms with Gasteiger partial charge in [-0.05, 0) is 19.1 Å². The molecule has 19 heavy (non-hydrogen) atoms. The maximum Gasteiger partial charge on any atom is 0.180 e. The molecule has 0 amide bonds. The zero-order valence-electron chi connectivity index (χ0n) is 10.9. The van der Waals surface area contributed by atoms with Crippen molar-refractivity contribution in [2.24, 2.45) is 0 Å². The number of nitrogens with zero attached hydrogens (tertiary/aromatic N) is 3. The largest absolute Gasteiger partial charge is 0.378 e. The fourth-order valence-corrected chi connectivity index (χ4v) is 1.73. The number of rotatable bonds is 5. The molecule has 6 heteroatoms. The minimum atomic E-state index is 0.432. The van der Waals surface area contributed by atoms with E-state index in [-0.39, 0.29) is 0 Å². The molecule has 5 nitrogen and oxygen atoms in total. The molecule has 1 N–H and O–H groups in total. The van der Waals surface area contributed by atoms with Crippen molar-refractivity contribution in [3.8, 4) is 11.5 Å². The van der Waals surface area contributed by atoms with E-state index < -0.39 is 0 Å². The van der Waals surface area contributed by atoms with E-state index in [1.165, 1.54) is 0 Å². The average Bonchev–Trinajstić information content (AvgIpc) is 2.40. The van der Waals surface area contributed by atoms with E-state index in [9.17, 15) is 0 Å². The fourth-order valence-electron chi connectivity index (χ4n) is 1.61. The summed E-state index contributed by atoms with van der Waals surface area (Å²) in [6.07, 6.45) is 1.58. The Bertz CT molecular complexity index is 521. The van der Waals surface area contributed by atoms with Gasteiger partial charge in [-0.3, -0.25) is 4.98 Å². The summed E-state index contributed by atoms with van der Waals surface area (Å²) in [7, 11) is 1.63. The van der Waals surface area contributed by atoms with Gasteiger partial charge in [-0.15, -0.1) is 0 Å². The summed E-state index contributed by atoms with van der Waals surface area (Å²) in [6.45, 7) is 3.23. The predicted molar refractivity (Wildman–Crippen MR) is 75.1 cm³/mol. The SMILES string of the molecule is CCNc1cc(COC)nc(-c2ccc(Cl)cn2)n1. The van der Waals surface area contributed by atoms with Crippen molar-refractivity contribution < 1.29 is 4.74 Å². The Morgan fingerprint density at radius 2 is 2.16 bits per heavy atom. The molecule has 2 aromatic rings. The number of nitrogens with one attached hydrogen (secondary N) is 1. The first kappa shape index (κ1) is 13.7. The molecule has 100 valence electrons. The number of hydrogen-bond donors (Lipinski definition) is 1. The van der Waals surface area contributed by atoms with Crippen LogP contribution in [0.4, 0.5) is 5.82 Å². The zero-order chi connectivity index (χ0) is 13.7. The van der Waals surface area contributed by atoms with Gasteiger partial charge in [0.15, 0.2) is 5.82 Å². The standard InChI is InChI=1S/C13H15ClN4O/c1-3-15-12-6-10(8-19-2)17-13(18-12)11-5-4-9(14)7-16-11/h4-7H,3,8H2,1-2H3,(H,15,17,18). The molecule has 2 aromatic heterocycles. The van der Waals surface area contributed by atoms with Gasteiger partial charge in [0.25, 0.3) is 0 Å². The zero-order valence-corrected chi connectivity index (χ0v) is 11.6. The highest BCUT2D eigenvalue weighted by Gasteiger charge is 2.07. The lowest BCUT2D eigenvalue weighted by Gasteiger charge is -2.08. The normalized spacial score (nSPS) is 10.5. The van der Waals surface area contributed by atoms with Crippen LogP contribution in [0, 0.1) is 0 Å². The molecule has 0 aromatic carbocycles. The molecule has 2 heterocycles. The number of aromatic nitrogens is 3. The quantitative estimate of drug-likeness (QED) is 0.911. The molecule has 0 aliphatic rings. The van der Waals surface area contributed by atoms with Crippen LogP contribution in [-0.4, -0.2) is 28.6 Å². The monoisotopic (exact) mass is 278 g/mol. The first-order valence-electron chi connectivity index (χ1n) is 5.95. The molecular formula is C13H15ClN4O. The van der Waals surface area contributed by atoms with Gasteiger partial charge in [-0.2, -0.15) is 0 Å². The van der Waals surface area contributed by atoms with Gasteiger partial charge >= 0.3 is 0 Å². The molecule has 0 atom stereocenters. The van der Waals surface area contributed by atoms with E-state index in [2.05, 4.69) is 20.3 Å². The molecule has 0 fully saturated rings. The van der Waals surface area contributed by atoms with E-state index >= 15 is 0 Å². The molecule has 0 radical (unpaired) electrons. The topological polar surface area (TPSA) is 59.9 Å². The average molecular weight is 279 g/mol. The number of hydrogen-bond acceptors (Lipinski definition) is 5. The van der Waals surface area contributed by atoms with Crippen molar-refractivity contribution in [2.45, 2.75) is 13.5 Å². The van der Waals surface area contributed by atoms with Crippen LogP contribution in [0.15, 0.2) is 24.4 Å². The minimum Gasteiger partial charge on any atom is -0.378 e. The Hall–Kier alpha value is -1.72. The van der Waals surface area contributed by atoms with Crippen molar-refractivity contribution in [1.82, 2.24) is 15.0 Å². The van der Waals surface area contributed by atoms with Crippen LogP contribution in [0.25, 0.3) is 11.5 Å². The van der Waals surface area contributed by atoms with Crippen LogP contribution in [0.5, 0.6) is 0 Å². The number of pyridine rings is 1. The number of ether oxygens (including phenoxy) is 1. The number of anilines is 1. The molecule has 0 saturated heterocycles. The first-order valence-corrected chi connectivity index (χ1v) is 6.33. The van der Waals surface area contributed by atoms with E-state index in [0.29, 0.717) is 23.1 Å². The summed E-state index contributed by atoms with van der Waals surface area (Å²) in [5, 5.41) is 3.75. The van der Waals surface area contributed by atoms with Gasteiger partial charge in [0.2, 0.25) is 0 Å². The van der Waals surface area contributed by atoms with Gasteiger partial charge in [0.05, 0.1) is 17.3 Å². The van der Waals surface area contributed by atoms with Gasteiger partial charge in [-0.1, -0.05) is 11.6 Å². The van der Waals surface area contributed by atoms with Gasteiger partial charge < -0.3 is 10.1 Å². The summed E-state index contributed by atoms with van der Waals surface area (Å²) >= 11 is 5.83. The third-order valence-corrected chi connectivity index (χ3v) is 2.61. The van der Waals surface area contributed by atoms with Crippen LogP contribution in [-0.2, 0) is 11.3 Å². The van der Waals surface area contributed by atoms with Crippen molar-refractivity contribution in [2.75, 3.05) is 19.0 Å². The Labute approximate surface area is 117 Å². The summed E-state index contributed by atoms with van der Waals surface area (Å²) in [6, 6.07) is 5.43. The van der Waals surface area contributed by atoms with E-state index in [1.54, 1.807) is 25.4 Å². The Balaban J connectivity index is 2.40. The van der Waals surface area contributed by atoms with Gasteiger partial charge in [-0.25, -0.2) is 9.97 Å². The van der Waals surface area contributed by atoms with Crippen LogP contribution >= 0.6 is 11.6 Å². The van der Waals surface area contributed by atoms with E-state index in [0.717, 1.165) is 18.1 Å². The molecule has 0 saturated carbocycles. The lowest BCUT2D eigenvalue weighted by atomic mass is 10.3. The van der Waals surface area contributed by atoms with Crippen molar-refractivity contribution in [3.63, 3.8) is 0 Å². The molecule has 0 spiro atoms. The van der Waals surface area contributed by atoms with Gasteiger partial charge in [0.1, 0.15) is 11.5 Å². The lowest BCUT2D eigenvalue weighted by Crippen LogP contribution is -2.05. The van der Waals surface area contributed by atoms with E-state index in [4.69, 9.17) is 16.3 Å². The number of methoxy groups -OCH3 is 1. The smallest absolute Gasteiger partial charge is 0.180 e. The third-order valence-electron chi connectivity index (χ3n) is 2.39. The molecule has 2 rings (SSSR count). The predicted octanol–water partition coefficient (Wildman–Crippen LogP) is 2.77. The van der Waals surface area contributed by atoms with Crippen LogP contribution in [0.1, 0.15) is 12.6 Å². The van der Waals surface area contributed by atoms with Crippen molar-refractivity contribution in [3.05, 3.63) is 35.1 Å². The van der Waals surface area contributed by atoms with Crippen molar-refractivity contribution >= 4 is 17.4 Å². The maximum absolute atomic E-state index is 5.83. The highest BCUT2D eigenvalue weighted by molar-refractivity contribution is 6.30. The second-order valence-corrected chi connectivity index (χ2v) is 4.33. The fraction of sp³-hybridized carbons (Fsp3) is 0.308. The Kier molecular flexibility index (Phi) is 4.65. The molecule has 0 aliphatic carbocycles. The van der Waals surface area contributed by atoms with Crippen LogP contribution in [0.3, 0.4) is 0 Å². The van der Waals surface area contributed by atoms with Crippen molar-refractivity contribution in [1.29, 1.82) is 0 Å². The lowest BCUT2D eigenvalue weighted by molar-refractivity contribution is 0.181. The summed E-state index contributed by atoms with van der Waals surface area (Å²) in [5.41, 5.74) is 1.49. The Morgan fingerprint density at radius 1 is 1.32 bits per heavy atom. The second-order valence-electron chi connectivity index (χ2n) is 3.89. The summed E-state index contributed by atoms with van der Waals surface area (Å²) in [4.78, 5) is 13.1. The molecule has 0 unspecified atom stereocenters. The number of halogens is 1. The first-order chi connectivity index (χ1) is 9.22. The summed E-state index contributed by atoms with van der Waals surface area (Å²) in [5.74, 6) is 1.32. The maximum atomic E-state index is 5.83. The van der Waals surface area contributed by atoms with Crippen LogP contribution in [0.2, 0.25) is 5.02 Å². The minimum absolute atomic E-state index is 0.432. The molecule has 0 bridgehead atoms. The highest BCUT2D eigenvalue weighted by atomic mass is 35.5. The third kappa shape index (κ3) is 3.62. The highest BCUT2D eigenvalue weighted by Crippen LogP contribution is 2.18. The Morgan fingerprint density at radius 3 is 2.79 bits per heavy atom. The van der Waals surface area contributed by atoms with Crippen LogP contribution < -0.4 is 5.32 Å². The van der Waals surface area contributed by atoms with E-state index in [1.807, 2.05) is 13.0 Å². The molecular weight excluding hydrogens is 264 g/mol. The summed E-state index contributed by atoms with van der Waals surface area (Å²) < 4.78 is 5.11. The second kappa shape index (κ2) is 6.45. The molecule has 0 aliphatic heterocycles. The van der Waals surface area contributed by atoms with Gasteiger partial charge in [0, 0.05) is 25.9 Å².